The molecule has 2 rings (SSSR count). The van der Waals surface area contributed by atoms with Crippen LogP contribution in [-0.2, 0) is 0 Å². The molecule has 0 aliphatic carbocycles. The Balaban J connectivity index is 2.02. The molecular weight excluding hydrogens is 240 g/mol. The van der Waals surface area contributed by atoms with E-state index in [1.54, 1.807) is 0 Å². The third-order valence-corrected chi connectivity index (χ3v) is 3.45. The molecule has 1 saturated heterocycles. The normalized spacial score (nSPS) is 22.3. The van der Waals surface area contributed by atoms with Gasteiger partial charge in [-0.1, -0.05) is 6.07 Å². The molecule has 1 fully saturated rings. The van der Waals surface area contributed by atoms with E-state index >= 15 is 0 Å². The van der Waals surface area contributed by atoms with Crippen LogP contribution in [0.3, 0.4) is 0 Å². The Morgan fingerprint density at radius 3 is 2.78 bits per heavy atom. The van der Waals surface area contributed by atoms with Crippen molar-refractivity contribution in [2.24, 2.45) is 0 Å². The molecule has 0 aromatic heterocycles. The Kier molecular flexibility index (Phi) is 4.27. The largest absolute Gasteiger partial charge is 0.395 e. The van der Waals surface area contributed by atoms with Gasteiger partial charge in [0.2, 0.25) is 0 Å². The van der Waals surface area contributed by atoms with Gasteiger partial charge in [-0.25, -0.2) is 8.78 Å². The van der Waals surface area contributed by atoms with Gasteiger partial charge in [-0.2, -0.15) is 0 Å². The number of β-amino-alcohol motifs (C(OH)–C–C–N with tert-alkyl or cyclic N) is 1. The molecule has 0 radical (unpaired) electrons. The summed E-state index contributed by atoms with van der Waals surface area (Å²) in [6.07, 6.45) is 1.02. The SMILES string of the molecule is OCC1CCCN1CC(O)c1ccc(F)c(F)c1. The lowest BCUT2D eigenvalue weighted by Gasteiger charge is -2.25. The predicted molar refractivity (Wildman–Crippen MR) is 63.0 cm³/mol. The Hall–Kier alpha value is -1.04. The van der Waals surface area contributed by atoms with Crippen LogP contribution in [0.25, 0.3) is 0 Å². The average molecular weight is 257 g/mol. The quantitative estimate of drug-likeness (QED) is 0.858. The minimum Gasteiger partial charge on any atom is -0.395 e. The summed E-state index contributed by atoms with van der Waals surface area (Å²) < 4.78 is 25.8. The number of hydrogen-bond acceptors (Lipinski definition) is 3. The summed E-state index contributed by atoms with van der Waals surface area (Å²) in [5.74, 6) is -1.87. The molecule has 100 valence electrons. The molecule has 18 heavy (non-hydrogen) atoms. The lowest BCUT2D eigenvalue weighted by Crippen LogP contribution is -2.35. The van der Waals surface area contributed by atoms with Crippen molar-refractivity contribution >= 4 is 0 Å². The van der Waals surface area contributed by atoms with E-state index in [0.717, 1.165) is 31.5 Å². The van der Waals surface area contributed by atoms with Crippen LogP contribution < -0.4 is 0 Å². The number of benzene rings is 1. The molecule has 0 amide bonds. The maximum Gasteiger partial charge on any atom is 0.159 e. The van der Waals surface area contributed by atoms with Crippen molar-refractivity contribution < 1.29 is 19.0 Å². The van der Waals surface area contributed by atoms with E-state index in [9.17, 15) is 13.9 Å². The molecule has 1 aromatic rings. The molecule has 1 aliphatic rings. The van der Waals surface area contributed by atoms with Gasteiger partial charge < -0.3 is 10.2 Å². The number of nitrogens with zero attached hydrogens (tertiary/aromatic N) is 1. The summed E-state index contributed by atoms with van der Waals surface area (Å²) in [5, 5.41) is 19.2. The number of halogens is 2. The standard InChI is InChI=1S/C13H17F2NO2/c14-11-4-3-9(6-12(11)15)13(18)7-16-5-1-2-10(16)8-17/h3-4,6,10,13,17-18H,1-2,5,7-8H2. The van der Waals surface area contributed by atoms with Gasteiger partial charge in [0.15, 0.2) is 11.6 Å². The van der Waals surface area contributed by atoms with Crippen molar-refractivity contribution in [3.63, 3.8) is 0 Å². The number of aliphatic hydroxyl groups excluding tert-OH is 2. The van der Waals surface area contributed by atoms with Gasteiger partial charge in [0.1, 0.15) is 0 Å². The van der Waals surface area contributed by atoms with Gasteiger partial charge in [-0.15, -0.1) is 0 Å². The minimum absolute atomic E-state index is 0.0600. The number of aliphatic hydroxyl groups is 2. The molecule has 1 heterocycles. The summed E-state index contributed by atoms with van der Waals surface area (Å²) in [6.45, 7) is 1.20. The summed E-state index contributed by atoms with van der Waals surface area (Å²) in [7, 11) is 0. The Morgan fingerprint density at radius 1 is 1.33 bits per heavy atom. The molecule has 2 atom stereocenters. The smallest absolute Gasteiger partial charge is 0.159 e. The van der Waals surface area contributed by atoms with Crippen molar-refractivity contribution in [3.05, 3.63) is 35.4 Å². The number of likely N-dealkylation sites (tertiary alicyclic amines) is 1. The molecule has 2 N–H and O–H groups in total. The zero-order valence-corrected chi connectivity index (χ0v) is 10.0. The van der Waals surface area contributed by atoms with Crippen molar-refractivity contribution in [2.45, 2.75) is 25.0 Å². The zero-order valence-electron chi connectivity index (χ0n) is 10.0. The summed E-state index contributed by atoms with van der Waals surface area (Å²) in [5.41, 5.74) is 0.359. The van der Waals surface area contributed by atoms with Crippen molar-refractivity contribution in [1.29, 1.82) is 0 Å². The lowest BCUT2D eigenvalue weighted by molar-refractivity contribution is 0.0848. The van der Waals surface area contributed by atoms with Gasteiger partial charge in [-0.05, 0) is 37.1 Å². The first-order chi connectivity index (χ1) is 8.61. The van der Waals surface area contributed by atoms with Crippen molar-refractivity contribution in [3.8, 4) is 0 Å². The molecular formula is C13H17F2NO2. The van der Waals surface area contributed by atoms with Crippen LogP contribution in [-0.4, -0.2) is 40.9 Å². The highest BCUT2D eigenvalue weighted by molar-refractivity contribution is 5.20. The molecule has 5 heteroatoms. The predicted octanol–water partition coefficient (Wildman–Crippen LogP) is 1.45. The first-order valence-corrected chi connectivity index (χ1v) is 6.09. The maximum atomic E-state index is 13.1. The summed E-state index contributed by atoms with van der Waals surface area (Å²) >= 11 is 0. The van der Waals surface area contributed by atoms with E-state index in [-0.39, 0.29) is 12.6 Å². The van der Waals surface area contributed by atoms with Crippen molar-refractivity contribution in [2.75, 3.05) is 19.7 Å². The molecule has 1 aliphatic heterocycles. The fourth-order valence-electron chi connectivity index (χ4n) is 2.39. The van der Waals surface area contributed by atoms with E-state index < -0.39 is 17.7 Å². The average Bonchev–Trinajstić information content (AvgIpc) is 2.79. The number of hydrogen-bond donors (Lipinski definition) is 2. The monoisotopic (exact) mass is 257 g/mol. The van der Waals surface area contributed by atoms with Gasteiger partial charge in [0.05, 0.1) is 12.7 Å². The van der Waals surface area contributed by atoms with Gasteiger partial charge >= 0.3 is 0 Å². The maximum absolute atomic E-state index is 13.1. The third-order valence-electron chi connectivity index (χ3n) is 3.45. The Labute approximate surface area is 105 Å². The van der Waals surface area contributed by atoms with Crippen molar-refractivity contribution in [1.82, 2.24) is 4.90 Å². The molecule has 0 bridgehead atoms. The Bertz CT molecular complexity index is 414. The van der Waals surface area contributed by atoms with Gasteiger partial charge in [-0.3, -0.25) is 4.90 Å². The molecule has 3 nitrogen and oxygen atoms in total. The molecule has 0 saturated carbocycles. The second-order valence-corrected chi connectivity index (χ2v) is 4.66. The second kappa shape index (κ2) is 5.73. The highest BCUT2D eigenvalue weighted by Gasteiger charge is 2.26. The van der Waals surface area contributed by atoms with Crippen LogP contribution in [0.2, 0.25) is 0 Å². The highest BCUT2D eigenvalue weighted by Crippen LogP contribution is 2.22. The van der Waals surface area contributed by atoms with Crippen LogP contribution >= 0.6 is 0 Å². The van der Waals surface area contributed by atoms with Gasteiger partial charge in [0.25, 0.3) is 0 Å². The molecule has 2 unspecified atom stereocenters. The van der Waals surface area contributed by atoms with Crippen LogP contribution in [0, 0.1) is 11.6 Å². The number of rotatable bonds is 4. The fourth-order valence-corrected chi connectivity index (χ4v) is 2.39. The fraction of sp³-hybridized carbons (Fsp3) is 0.538. The van der Waals surface area contributed by atoms with Crippen LogP contribution in [0.5, 0.6) is 0 Å². The minimum atomic E-state index is -0.952. The summed E-state index contributed by atoms with van der Waals surface area (Å²) in [6, 6.07) is 3.48. The lowest BCUT2D eigenvalue weighted by atomic mass is 10.1. The Morgan fingerprint density at radius 2 is 2.11 bits per heavy atom. The van der Waals surface area contributed by atoms with E-state index in [1.807, 2.05) is 4.90 Å². The van der Waals surface area contributed by atoms with E-state index in [1.165, 1.54) is 6.07 Å². The van der Waals surface area contributed by atoms with Crippen LogP contribution in [0.4, 0.5) is 8.78 Å². The van der Waals surface area contributed by atoms with Crippen LogP contribution in [0.15, 0.2) is 18.2 Å². The van der Waals surface area contributed by atoms with E-state index in [0.29, 0.717) is 12.1 Å². The van der Waals surface area contributed by atoms with Crippen LogP contribution in [0.1, 0.15) is 24.5 Å². The molecule has 0 spiro atoms. The van der Waals surface area contributed by atoms with E-state index in [2.05, 4.69) is 0 Å². The summed E-state index contributed by atoms with van der Waals surface area (Å²) in [4.78, 5) is 1.98. The first-order valence-electron chi connectivity index (χ1n) is 6.09. The molecule has 1 aromatic carbocycles. The van der Waals surface area contributed by atoms with Gasteiger partial charge in [0, 0.05) is 12.6 Å². The highest BCUT2D eigenvalue weighted by atomic mass is 19.2. The van der Waals surface area contributed by atoms with E-state index in [4.69, 9.17) is 5.11 Å². The second-order valence-electron chi connectivity index (χ2n) is 4.66. The topological polar surface area (TPSA) is 43.7 Å². The third kappa shape index (κ3) is 2.85. The first kappa shape index (κ1) is 13.4. The zero-order chi connectivity index (χ0) is 13.1.